The van der Waals surface area contributed by atoms with E-state index in [1.54, 1.807) is 24.3 Å². The van der Waals surface area contributed by atoms with E-state index in [9.17, 15) is 14.9 Å². The van der Waals surface area contributed by atoms with Gasteiger partial charge in [-0.25, -0.2) is 9.78 Å². The fourth-order valence-electron chi connectivity index (χ4n) is 2.88. The maximum Gasteiger partial charge on any atom is 0.340 e. The van der Waals surface area contributed by atoms with Gasteiger partial charge in [-0.2, -0.15) is 4.98 Å². The molecule has 1 saturated carbocycles. The lowest BCUT2D eigenvalue weighted by atomic mass is 9.98. The SMILES string of the molecule is O=C(OC1CCCCC1)c1ccccc1Nc1nc(Cl)ncc1[N+](=O)[O-]. The minimum atomic E-state index is -0.623. The van der Waals surface area contributed by atoms with Gasteiger partial charge >= 0.3 is 11.7 Å². The van der Waals surface area contributed by atoms with Crippen molar-refractivity contribution < 1.29 is 14.5 Å². The first-order valence-electron chi connectivity index (χ1n) is 8.28. The van der Waals surface area contributed by atoms with Gasteiger partial charge in [0, 0.05) is 0 Å². The van der Waals surface area contributed by atoms with Crippen LogP contribution in [0.4, 0.5) is 17.2 Å². The minimum absolute atomic E-state index is 0.0899. The minimum Gasteiger partial charge on any atom is -0.459 e. The molecule has 0 radical (unpaired) electrons. The predicted molar refractivity (Wildman–Crippen MR) is 95.7 cm³/mol. The van der Waals surface area contributed by atoms with Crippen LogP contribution in [0, 0.1) is 10.1 Å². The molecule has 1 aromatic carbocycles. The second-order valence-corrected chi connectivity index (χ2v) is 6.30. The van der Waals surface area contributed by atoms with Crippen molar-refractivity contribution in [1.29, 1.82) is 0 Å². The van der Waals surface area contributed by atoms with Crippen molar-refractivity contribution >= 4 is 34.8 Å². The highest BCUT2D eigenvalue weighted by atomic mass is 35.5. The summed E-state index contributed by atoms with van der Waals surface area (Å²) in [5.41, 5.74) is 0.290. The van der Waals surface area contributed by atoms with Crippen LogP contribution in [-0.2, 0) is 4.74 Å². The number of ether oxygens (including phenoxy) is 1. The number of nitrogens with one attached hydrogen (secondary N) is 1. The number of esters is 1. The Kier molecular flexibility index (Phi) is 5.62. The summed E-state index contributed by atoms with van der Waals surface area (Å²) in [6.45, 7) is 0. The van der Waals surface area contributed by atoms with Crippen LogP contribution in [-0.4, -0.2) is 27.0 Å². The third kappa shape index (κ3) is 4.26. The highest BCUT2D eigenvalue weighted by Gasteiger charge is 2.23. The van der Waals surface area contributed by atoms with Crippen LogP contribution in [0.5, 0.6) is 0 Å². The van der Waals surface area contributed by atoms with Gasteiger partial charge in [-0.05, 0) is 49.4 Å². The largest absolute Gasteiger partial charge is 0.459 e. The summed E-state index contributed by atoms with van der Waals surface area (Å²) in [5, 5.41) is 13.8. The Morgan fingerprint density at radius 3 is 2.73 bits per heavy atom. The fraction of sp³-hybridized carbons (Fsp3) is 0.353. The molecule has 2 aromatic rings. The molecule has 136 valence electrons. The van der Waals surface area contributed by atoms with Gasteiger partial charge in [-0.15, -0.1) is 0 Å². The summed E-state index contributed by atoms with van der Waals surface area (Å²) >= 11 is 5.74. The van der Waals surface area contributed by atoms with Gasteiger partial charge in [0.2, 0.25) is 11.1 Å². The van der Waals surface area contributed by atoms with Crippen molar-refractivity contribution in [3.63, 3.8) is 0 Å². The molecule has 9 heteroatoms. The number of anilines is 2. The second kappa shape index (κ2) is 8.09. The van der Waals surface area contributed by atoms with Crippen molar-refractivity contribution in [3.05, 3.63) is 51.4 Å². The standard InChI is InChI=1S/C17H17ClN4O4/c18-17-19-10-14(22(24)25)15(21-17)20-13-9-5-4-8-12(13)16(23)26-11-6-2-1-3-7-11/h4-5,8-11H,1-3,6-7H2,(H,19,20,21). The Bertz CT molecular complexity index is 824. The molecule has 1 aliphatic carbocycles. The molecule has 8 nitrogen and oxygen atoms in total. The van der Waals surface area contributed by atoms with Gasteiger partial charge in [0.05, 0.1) is 16.2 Å². The number of carbonyl (C=O) groups is 1. The number of para-hydroxylation sites is 1. The molecule has 0 unspecified atom stereocenters. The van der Waals surface area contributed by atoms with Crippen LogP contribution >= 0.6 is 11.6 Å². The van der Waals surface area contributed by atoms with E-state index in [1.807, 2.05) is 0 Å². The number of nitro groups is 1. The number of nitrogens with zero attached hydrogens (tertiary/aromatic N) is 3. The Morgan fingerprint density at radius 1 is 1.27 bits per heavy atom. The van der Waals surface area contributed by atoms with E-state index in [2.05, 4.69) is 15.3 Å². The summed E-state index contributed by atoms with van der Waals surface area (Å²) < 4.78 is 5.59. The maximum atomic E-state index is 12.6. The number of hydrogen-bond acceptors (Lipinski definition) is 7. The Hall–Kier alpha value is -2.74. The van der Waals surface area contributed by atoms with Gasteiger partial charge in [0.25, 0.3) is 0 Å². The van der Waals surface area contributed by atoms with Crippen LogP contribution in [0.15, 0.2) is 30.5 Å². The summed E-state index contributed by atoms with van der Waals surface area (Å²) in [6.07, 6.45) is 5.88. The molecule has 0 bridgehead atoms. The van der Waals surface area contributed by atoms with E-state index in [-0.39, 0.29) is 28.5 Å². The molecule has 0 saturated heterocycles. The fourth-order valence-corrected chi connectivity index (χ4v) is 3.01. The smallest absolute Gasteiger partial charge is 0.340 e. The van der Waals surface area contributed by atoms with Crippen molar-refractivity contribution in [2.24, 2.45) is 0 Å². The predicted octanol–water partition coefficient (Wildman–Crippen LogP) is 4.27. The number of benzene rings is 1. The molecule has 1 heterocycles. The molecular formula is C17H17ClN4O4. The summed E-state index contributed by atoms with van der Waals surface area (Å²) in [7, 11) is 0. The average Bonchev–Trinajstić information content (AvgIpc) is 2.63. The highest BCUT2D eigenvalue weighted by molar-refractivity contribution is 6.28. The van der Waals surface area contributed by atoms with Gasteiger partial charge < -0.3 is 10.1 Å². The molecule has 0 atom stereocenters. The number of aromatic nitrogens is 2. The molecular weight excluding hydrogens is 360 g/mol. The quantitative estimate of drug-likeness (QED) is 0.359. The first kappa shape index (κ1) is 18.1. The summed E-state index contributed by atoms with van der Waals surface area (Å²) in [5.74, 6) is -0.560. The van der Waals surface area contributed by atoms with E-state index < -0.39 is 10.9 Å². The van der Waals surface area contributed by atoms with Crippen LogP contribution in [0.1, 0.15) is 42.5 Å². The van der Waals surface area contributed by atoms with E-state index in [0.29, 0.717) is 5.69 Å². The molecule has 0 aliphatic heterocycles. The molecule has 3 rings (SSSR count). The zero-order valence-electron chi connectivity index (χ0n) is 13.9. The lowest BCUT2D eigenvalue weighted by Crippen LogP contribution is -2.21. The van der Waals surface area contributed by atoms with E-state index in [4.69, 9.17) is 16.3 Å². The van der Waals surface area contributed by atoms with Crippen LogP contribution < -0.4 is 5.32 Å². The van der Waals surface area contributed by atoms with E-state index in [1.165, 1.54) is 0 Å². The van der Waals surface area contributed by atoms with Crippen LogP contribution in [0.2, 0.25) is 5.28 Å². The first-order chi connectivity index (χ1) is 12.5. The second-order valence-electron chi connectivity index (χ2n) is 5.97. The number of carbonyl (C=O) groups excluding carboxylic acids is 1. The monoisotopic (exact) mass is 376 g/mol. The first-order valence-corrected chi connectivity index (χ1v) is 8.66. The maximum absolute atomic E-state index is 12.6. The zero-order chi connectivity index (χ0) is 18.5. The number of halogens is 1. The molecule has 1 fully saturated rings. The normalized spacial score (nSPS) is 14.7. The van der Waals surface area contributed by atoms with Crippen LogP contribution in [0.25, 0.3) is 0 Å². The number of rotatable bonds is 5. The highest BCUT2D eigenvalue weighted by Crippen LogP contribution is 2.29. The summed E-state index contributed by atoms with van der Waals surface area (Å²) in [4.78, 5) is 30.6. The van der Waals surface area contributed by atoms with Gasteiger partial charge in [-0.3, -0.25) is 10.1 Å². The lowest BCUT2D eigenvalue weighted by molar-refractivity contribution is -0.384. The molecule has 0 amide bonds. The lowest BCUT2D eigenvalue weighted by Gasteiger charge is -2.22. The van der Waals surface area contributed by atoms with Crippen molar-refractivity contribution in [1.82, 2.24) is 9.97 Å². The van der Waals surface area contributed by atoms with Gasteiger partial charge in [0.15, 0.2) is 0 Å². The average molecular weight is 377 g/mol. The molecule has 1 aromatic heterocycles. The summed E-state index contributed by atoms with van der Waals surface area (Å²) in [6, 6.07) is 6.62. The molecule has 26 heavy (non-hydrogen) atoms. The molecule has 0 spiro atoms. The van der Waals surface area contributed by atoms with Gasteiger partial charge in [-0.1, -0.05) is 18.6 Å². The number of hydrogen-bond donors (Lipinski definition) is 1. The van der Waals surface area contributed by atoms with E-state index in [0.717, 1.165) is 38.3 Å². The van der Waals surface area contributed by atoms with Crippen molar-refractivity contribution in [3.8, 4) is 0 Å². The molecule has 1 N–H and O–H groups in total. The third-order valence-corrected chi connectivity index (χ3v) is 4.34. The molecule has 1 aliphatic rings. The van der Waals surface area contributed by atoms with E-state index >= 15 is 0 Å². The Labute approximate surface area is 154 Å². The van der Waals surface area contributed by atoms with Crippen molar-refractivity contribution in [2.75, 3.05) is 5.32 Å². The van der Waals surface area contributed by atoms with Crippen molar-refractivity contribution in [2.45, 2.75) is 38.2 Å². The zero-order valence-corrected chi connectivity index (χ0v) is 14.6. The van der Waals surface area contributed by atoms with Crippen LogP contribution in [0.3, 0.4) is 0 Å². The Morgan fingerprint density at radius 2 is 2.00 bits per heavy atom. The Balaban J connectivity index is 1.84. The topological polar surface area (TPSA) is 107 Å². The van der Waals surface area contributed by atoms with Gasteiger partial charge in [0.1, 0.15) is 12.3 Å². The third-order valence-electron chi connectivity index (χ3n) is 4.16.